The summed E-state index contributed by atoms with van der Waals surface area (Å²) in [6.07, 6.45) is 12.4. The number of likely N-dealkylation sites (N-methyl/N-ethyl adjacent to an activating group) is 1. The van der Waals surface area contributed by atoms with Crippen molar-refractivity contribution in [1.29, 1.82) is 0 Å². The van der Waals surface area contributed by atoms with E-state index >= 15 is 0 Å². The van der Waals surface area contributed by atoms with Crippen molar-refractivity contribution in [1.82, 2.24) is 4.90 Å². The number of aryl methyl sites for hydroxylation is 2. The molecule has 3 atom stereocenters. The second-order valence-electron chi connectivity index (χ2n) is 11.5. The number of allylic oxidation sites excluding steroid dienone is 2. The van der Waals surface area contributed by atoms with Crippen LogP contribution in [0.25, 0.3) is 11.6 Å². The van der Waals surface area contributed by atoms with Crippen molar-refractivity contribution in [3.8, 4) is 0 Å². The van der Waals surface area contributed by atoms with Crippen molar-refractivity contribution in [2.45, 2.75) is 79.1 Å². The van der Waals surface area contributed by atoms with Gasteiger partial charge in [0.2, 0.25) is 0 Å². The van der Waals surface area contributed by atoms with Crippen LogP contribution in [0.5, 0.6) is 0 Å². The van der Waals surface area contributed by atoms with E-state index in [1.165, 1.54) is 27.8 Å². The van der Waals surface area contributed by atoms with Crippen LogP contribution in [0.4, 0.5) is 0 Å². The Morgan fingerprint density at radius 1 is 0.917 bits per heavy atom. The molecule has 1 saturated heterocycles. The van der Waals surface area contributed by atoms with Gasteiger partial charge in [-0.05, 0) is 72.9 Å². The van der Waals surface area contributed by atoms with Crippen LogP contribution in [0, 0.1) is 25.7 Å². The van der Waals surface area contributed by atoms with Gasteiger partial charge in [-0.3, -0.25) is 0 Å². The van der Waals surface area contributed by atoms with E-state index in [2.05, 4.69) is 120 Å². The number of nitrogens with zero attached hydrogens (tertiary/aromatic N) is 1. The van der Waals surface area contributed by atoms with Crippen molar-refractivity contribution in [3.05, 3.63) is 94.6 Å². The summed E-state index contributed by atoms with van der Waals surface area (Å²) in [6.45, 7) is 13.4. The van der Waals surface area contributed by atoms with Crippen LogP contribution in [0.15, 0.2) is 66.8 Å². The SMILES string of the molecule is Cc1cc(C)cc(C2=CC(c3ccccc3C=C3OC(CC(C)C)CC(CC(C)C)O3)N(C)C=C2)c1. The molecule has 0 aliphatic carbocycles. The monoisotopic (exact) mass is 485 g/mol. The number of benzene rings is 2. The molecule has 2 aliphatic rings. The highest BCUT2D eigenvalue weighted by Gasteiger charge is 2.29. The topological polar surface area (TPSA) is 21.7 Å². The third-order valence-electron chi connectivity index (χ3n) is 6.97. The highest BCUT2D eigenvalue weighted by Crippen LogP contribution is 2.35. The Labute approximate surface area is 218 Å². The fraction of sp³-hybridized carbons (Fsp3) is 0.455. The lowest BCUT2D eigenvalue weighted by Gasteiger charge is -2.34. The lowest BCUT2D eigenvalue weighted by molar-refractivity contribution is -0.112. The van der Waals surface area contributed by atoms with Gasteiger partial charge in [-0.15, -0.1) is 0 Å². The maximum absolute atomic E-state index is 6.39. The van der Waals surface area contributed by atoms with Crippen LogP contribution in [0.1, 0.15) is 80.8 Å². The van der Waals surface area contributed by atoms with E-state index in [1.807, 2.05) is 0 Å². The van der Waals surface area contributed by atoms with Crippen molar-refractivity contribution >= 4 is 11.6 Å². The summed E-state index contributed by atoms with van der Waals surface area (Å²) >= 11 is 0. The van der Waals surface area contributed by atoms with Crippen LogP contribution in [0.3, 0.4) is 0 Å². The summed E-state index contributed by atoms with van der Waals surface area (Å²) in [5.41, 5.74) is 7.49. The molecule has 0 bridgehead atoms. The zero-order valence-electron chi connectivity index (χ0n) is 23.1. The summed E-state index contributed by atoms with van der Waals surface area (Å²) in [4.78, 5) is 2.27. The molecular formula is C33H43NO2. The predicted octanol–water partition coefficient (Wildman–Crippen LogP) is 8.45. The summed E-state index contributed by atoms with van der Waals surface area (Å²) < 4.78 is 12.8. The van der Waals surface area contributed by atoms with Gasteiger partial charge >= 0.3 is 0 Å². The first kappa shape index (κ1) is 26.1. The molecule has 0 N–H and O–H groups in total. The molecule has 0 amide bonds. The average molecular weight is 486 g/mol. The number of rotatable bonds is 7. The molecule has 192 valence electrons. The molecule has 3 nitrogen and oxygen atoms in total. The Balaban J connectivity index is 1.67. The average Bonchev–Trinajstić information content (AvgIpc) is 2.78. The first-order chi connectivity index (χ1) is 17.2. The Morgan fingerprint density at radius 3 is 2.14 bits per heavy atom. The van der Waals surface area contributed by atoms with Gasteiger partial charge in [0.1, 0.15) is 12.2 Å². The predicted molar refractivity (Wildman–Crippen MR) is 151 cm³/mol. The smallest absolute Gasteiger partial charge is 0.280 e. The van der Waals surface area contributed by atoms with Gasteiger partial charge in [0.25, 0.3) is 5.95 Å². The van der Waals surface area contributed by atoms with Gasteiger partial charge in [0, 0.05) is 25.7 Å². The molecule has 2 aromatic carbocycles. The zero-order valence-corrected chi connectivity index (χ0v) is 23.1. The highest BCUT2D eigenvalue weighted by atomic mass is 16.7. The maximum atomic E-state index is 6.39. The minimum absolute atomic E-state index is 0.125. The third-order valence-corrected chi connectivity index (χ3v) is 6.97. The Kier molecular flexibility index (Phi) is 8.28. The van der Waals surface area contributed by atoms with E-state index in [-0.39, 0.29) is 18.2 Å². The molecule has 2 aliphatic heterocycles. The van der Waals surface area contributed by atoms with E-state index in [0.29, 0.717) is 17.8 Å². The van der Waals surface area contributed by atoms with E-state index in [4.69, 9.17) is 9.47 Å². The molecule has 0 radical (unpaired) electrons. The normalized spacial score (nSPS) is 21.9. The standard InChI is InChI=1S/C33H43NO2/c1-22(2)14-29-21-30(15-23(3)4)36-33(35-29)20-27-10-8-9-11-31(27)32-19-26(12-13-34(32)7)28-17-24(5)16-25(6)18-28/h8-13,16-20,22-23,29-30,32H,14-15,21H2,1-7H3. The van der Waals surface area contributed by atoms with Gasteiger partial charge in [-0.25, -0.2) is 0 Å². The van der Waals surface area contributed by atoms with E-state index < -0.39 is 0 Å². The molecule has 3 heteroatoms. The van der Waals surface area contributed by atoms with Crippen molar-refractivity contribution < 1.29 is 9.47 Å². The van der Waals surface area contributed by atoms with Crippen molar-refractivity contribution in [3.63, 3.8) is 0 Å². The first-order valence-electron chi connectivity index (χ1n) is 13.5. The summed E-state index contributed by atoms with van der Waals surface area (Å²) in [6, 6.07) is 15.5. The van der Waals surface area contributed by atoms with Crippen LogP contribution < -0.4 is 0 Å². The molecular weight excluding hydrogens is 442 g/mol. The molecule has 1 fully saturated rings. The molecule has 2 heterocycles. The van der Waals surface area contributed by atoms with E-state index in [1.54, 1.807) is 0 Å². The fourth-order valence-corrected chi connectivity index (χ4v) is 5.47. The maximum Gasteiger partial charge on any atom is 0.280 e. The van der Waals surface area contributed by atoms with Crippen LogP contribution in [-0.4, -0.2) is 24.2 Å². The highest BCUT2D eigenvalue weighted by molar-refractivity contribution is 5.76. The van der Waals surface area contributed by atoms with Gasteiger partial charge in [-0.2, -0.15) is 0 Å². The van der Waals surface area contributed by atoms with Gasteiger partial charge in [0.05, 0.1) is 6.04 Å². The molecule has 3 unspecified atom stereocenters. The fourth-order valence-electron chi connectivity index (χ4n) is 5.47. The number of hydrogen-bond donors (Lipinski definition) is 0. The number of ether oxygens (including phenoxy) is 2. The molecule has 0 spiro atoms. The quantitative estimate of drug-likeness (QED) is 0.393. The lowest BCUT2D eigenvalue weighted by Crippen LogP contribution is -2.32. The van der Waals surface area contributed by atoms with Gasteiger partial charge in [-0.1, -0.05) is 81.3 Å². The second kappa shape index (κ2) is 11.4. The molecule has 0 saturated carbocycles. The van der Waals surface area contributed by atoms with Crippen molar-refractivity contribution in [2.75, 3.05) is 7.05 Å². The minimum Gasteiger partial charge on any atom is -0.462 e. The van der Waals surface area contributed by atoms with E-state index in [9.17, 15) is 0 Å². The number of hydrogen-bond acceptors (Lipinski definition) is 3. The van der Waals surface area contributed by atoms with Crippen LogP contribution in [-0.2, 0) is 9.47 Å². The molecule has 4 rings (SSSR count). The third kappa shape index (κ3) is 6.63. The Bertz CT molecular complexity index is 1100. The largest absolute Gasteiger partial charge is 0.462 e. The Morgan fingerprint density at radius 2 is 1.53 bits per heavy atom. The summed E-state index contributed by atoms with van der Waals surface area (Å²) in [5, 5.41) is 0. The first-order valence-corrected chi connectivity index (χ1v) is 13.5. The van der Waals surface area contributed by atoms with Crippen LogP contribution in [0.2, 0.25) is 0 Å². The van der Waals surface area contributed by atoms with Crippen molar-refractivity contribution in [2.24, 2.45) is 11.8 Å². The van der Waals surface area contributed by atoms with Gasteiger partial charge in [0.15, 0.2) is 0 Å². The molecule has 2 aromatic rings. The lowest BCUT2D eigenvalue weighted by atomic mass is 9.92. The summed E-state index contributed by atoms with van der Waals surface area (Å²) in [5.74, 6) is 1.85. The minimum atomic E-state index is 0.125. The Hall–Kier alpha value is -2.94. The second-order valence-corrected chi connectivity index (χ2v) is 11.5. The van der Waals surface area contributed by atoms with E-state index in [0.717, 1.165) is 24.8 Å². The van der Waals surface area contributed by atoms with Crippen LogP contribution >= 0.6 is 0 Å². The molecule has 0 aromatic heterocycles. The summed E-state index contributed by atoms with van der Waals surface area (Å²) in [7, 11) is 2.14. The van der Waals surface area contributed by atoms with Gasteiger partial charge < -0.3 is 14.4 Å². The molecule has 36 heavy (non-hydrogen) atoms. The zero-order chi connectivity index (χ0) is 25.8.